The molecule has 5 heteroatoms. The number of esters is 1. The summed E-state index contributed by atoms with van der Waals surface area (Å²) in [5.41, 5.74) is 0.597. The molecule has 0 saturated heterocycles. The van der Waals surface area contributed by atoms with Crippen LogP contribution in [-0.2, 0) is 16.1 Å². The van der Waals surface area contributed by atoms with Crippen molar-refractivity contribution in [3.8, 4) is 0 Å². The van der Waals surface area contributed by atoms with E-state index in [0.717, 1.165) is 4.90 Å². The predicted molar refractivity (Wildman–Crippen MR) is 71.1 cm³/mol. The number of hydrogen-bond donors (Lipinski definition) is 1. The highest BCUT2D eigenvalue weighted by Crippen LogP contribution is 2.25. The molecule has 0 bridgehead atoms. The van der Waals surface area contributed by atoms with Gasteiger partial charge in [0.05, 0.1) is 12.9 Å². The molecular weight excluding hydrogens is 253 g/mol. The molecule has 1 rings (SSSR count). The Hall–Kier alpha value is -1.07. The summed E-state index contributed by atoms with van der Waals surface area (Å²) in [6.45, 7) is 4.46. The molecule has 0 aliphatic carbocycles. The van der Waals surface area contributed by atoms with Crippen LogP contribution in [0.5, 0.6) is 0 Å². The molecule has 0 aliphatic rings. The molecule has 0 heterocycles. The van der Waals surface area contributed by atoms with Crippen LogP contribution in [-0.4, -0.2) is 24.9 Å². The Bertz CT molecular complexity index is 410. The predicted octanol–water partition coefficient (Wildman–Crippen LogP) is 2.59. The van der Waals surface area contributed by atoms with E-state index in [1.54, 1.807) is 6.07 Å². The normalized spacial score (nSPS) is 10.7. The summed E-state index contributed by atoms with van der Waals surface area (Å²) < 4.78 is 18.3. The third kappa shape index (κ3) is 4.66. The Morgan fingerprint density at radius 3 is 2.83 bits per heavy atom. The minimum Gasteiger partial charge on any atom is -0.468 e. The van der Waals surface area contributed by atoms with Gasteiger partial charge in [-0.15, -0.1) is 11.8 Å². The maximum atomic E-state index is 13.7. The van der Waals surface area contributed by atoms with E-state index >= 15 is 0 Å². The smallest absolute Gasteiger partial charge is 0.315 e. The molecule has 0 fully saturated rings. The molecule has 0 aliphatic heterocycles. The van der Waals surface area contributed by atoms with Crippen LogP contribution in [0.4, 0.5) is 4.39 Å². The van der Waals surface area contributed by atoms with Crippen molar-refractivity contribution >= 4 is 17.7 Å². The topological polar surface area (TPSA) is 38.3 Å². The number of nitrogens with one attached hydrogen (secondary N) is 1. The molecule has 1 aromatic rings. The number of halogens is 1. The lowest BCUT2D eigenvalue weighted by molar-refractivity contribution is -0.137. The highest BCUT2D eigenvalue weighted by molar-refractivity contribution is 8.00. The van der Waals surface area contributed by atoms with Gasteiger partial charge in [0.15, 0.2) is 0 Å². The zero-order valence-electron chi connectivity index (χ0n) is 10.8. The number of ether oxygens (including phenoxy) is 1. The van der Waals surface area contributed by atoms with Gasteiger partial charge < -0.3 is 10.1 Å². The van der Waals surface area contributed by atoms with Crippen molar-refractivity contribution in [3.05, 3.63) is 29.6 Å². The van der Waals surface area contributed by atoms with Gasteiger partial charge >= 0.3 is 5.97 Å². The number of hydrogen-bond acceptors (Lipinski definition) is 4. The van der Waals surface area contributed by atoms with Gasteiger partial charge in [-0.2, -0.15) is 0 Å². The largest absolute Gasteiger partial charge is 0.468 e. The number of thioether (sulfide) groups is 1. The summed E-state index contributed by atoms with van der Waals surface area (Å²) in [6.07, 6.45) is 0. The standard InChI is InChI=1S/C13H18FNO2S/c1-9(2)15-7-10-11(14)5-4-6-12(10)18-8-13(16)17-3/h4-6,9,15H,7-8H2,1-3H3. The molecule has 0 saturated carbocycles. The lowest BCUT2D eigenvalue weighted by Crippen LogP contribution is -2.23. The maximum Gasteiger partial charge on any atom is 0.315 e. The van der Waals surface area contributed by atoms with Crippen LogP contribution in [0.1, 0.15) is 19.4 Å². The Morgan fingerprint density at radius 1 is 1.50 bits per heavy atom. The van der Waals surface area contributed by atoms with Gasteiger partial charge in [0.1, 0.15) is 5.82 Å². The van der Waals surface area contributed by atoms with Crippen LogP contribution < -0.4 is 5.32 Å². The average molecular weight is 271 g/mol. The van der Waals surface area contributed by atoms with Crippen molar-refractivity contribution in [2.75, 3.05) is 12.9 Å². The Morgan fingerprint density at radius 2 is 2.22 bits per heavy atom. The number of benzene rings is 1. The van der Waals surface area contributed by atoms with E-state index in [4.69, 9.17) is 0 Å². The number of carbonyl (C=O) groups excluding carboxylic acids is 1. The fourth-order valence-electron chi connectivity index (χ4n) is 1.35. The van der Waals surface area contributed by atoms with Crippen molar-refractivity contribution in [2.24, 2.45) is 0 Å². The van der Waals surface area contributed by atoms with E-state index in [9.17, 15) is 9.18 Å². The van der Waals surface area contributed by atoms with Crippen molar-refractivity contribution < 1.29 is 13.9 Å². The molecule has 0 spiro atoms. The number of methoxy groups -OCH3 is 1. The van der Waals surface area contributed by atoms with Gasteiger partial charge in [-0.25, -0.2) is 4.39 Å². The van der Waals surface area contributed by atoms with Gasteiger partial charge in [0, 0.05) is 23.0 Å². The summed E-state index contributed by atoms with van der Waals surface area (Å²) >= 11 is 1.29. The van der Waals surface area contributed by atoms with E-state index in [-0.39, 0.29) is 23.6 Å². The first-order chi connectivity index (χ1) is 8.54. The highest BCUT2D eigenvalue weighted by atomic mass is 32.2. The van der Waals surface area contributed by atoms with Crippen molar-refractivity contribution in [1.82, 2.24) is 5.32 Å². The van der Waals surface area contributed by atoms with E-state index in [1.165, 1.54) is 24.9 Å². The Labute approximate surface area is 111 Å². The molecular formula is C13H18FNO2S. The minimum atomic E-state index is -0.313. The summed E-state index contributed by atoms with van der Waals surface area (Å²) in [6, 6.07) is 5.17. The van der Waals surface area contributed by atoms with Gasteiger partial charge in [-0.1, -0.05) is 19.9 Å². The van der Waals surface area contributed by atoms with Crippen molar-refractivity contribution in [1.29, 1.82) is 0 Å². The number of carbonyl (C=O) groups is 1. The Kier molecular flexibility index (Phi) is 6.15. The fourth-order valence-corrected chi connectivity index (χ4v) is 2.26. The van der Waals surface area contributed by atoms with E-state index in [2.05, 4.69) is 10.1 Å². The first kappa shape index (κ1) is 15.0. The monoisotopic (exact) mass is 271 g/mol. The molecule has 0 aromatic heterocycles. The number of rotatable bonds is 6. The Balaban J connectivity index is 2.76. The first-order valence-electron chi connectivity index (χ1n) is 5.75. The molecule has 0 atom stereocenters. The molecule has 3 nitrogen and oxygen atoms in total. The summed E-state index contributed by atoms with van der Waals surface area (Å²) in [7, 11) is 1.34. The van der Waals surface area contributed by atoms with Gasteiger partial charge in [-0.3, -0.25) is 4.79 Å². The lowest BCUT2D eigenvalue weighted by atomic mass is 10.2. The maximum absolute atomic E-state index is 13.7. The summed E-state index contributed by atoms with van der Waals surface area (Å²) in [5.74, 6) is -0.376. The van der Waals surface area contributed by atoms with Gasteiger partial charge in [0.2, 0.25) is 0 Å². The second kappa shape index (κ2) is 7.38. The molecule has 1 aromatic carbocycles. The quantitative estimate of drug-likeness (QED) is 0.637. The fraction of sp³-hybridized carbons (Fsp3) is 0.462. The molecule has 1 N–H and O–H groups in total. The van der Waals surface area contributed by atoms with Crippen LogP contribution >= 0.6 is 11.8 Å². The SMILES string of the molecule is COC(=O)CSc1cccc(F)c1CNC(C)C. The lowest BCUT2D eigenvalue weighted by Gasteiger charge is -2.12. The first-order valence-corrected chi connectivity index (χ1v) is 6.73. The minimum absolute atomic E-state index is 0.189. The molecule has 18 heavy (non-hydrogen) atoms. The van der Waals surface area contributed by atoms with E-state index in [1.807, 2.05) is 19.9 Å². The molecule has 0 radical (unpaired) electrons. The molecule has 0 amide bonds. The van der Waals surface area contributed by atoms with Gasteiger partial charge in [-0.05, 0) is 12.1 Å². The molecule has 100 valence electrons. The second-order valence-electron chi connectivity index (χ2n) is 4.12. The zero-order chi connectivity index (χ0) is 13.5. The van der Waals surface area contributed by atoms with E-state index in [0.29, 0.717) is 12.1 Å². The third-order valence-corrected chi connectivity index (χ3v) is 3.41. The van der Waals surface area contributed by atoms with Crippen LogP contribution in [0.2, 0.25) is 0 Å². The van der Waals surface area contributed by atoms with Crippen molar-refractivity contribution in [3.63, 3.8) is 0 Å². The summed E-state index contributed by atoms with van der Waals surface area (Å²) in [5, 5.41) is 3.18. The van der Waals surface area contributed by atoms with Crippen molar-refractivity contribution in [2.45, 2.75) is 31.3 Å². The van der Waals surface area contributed by atoms with E-state index < -0.39 is 0 Å². The van der Waals surface area contributed by atoms with Crippen LogP contribution in [0.25, 0.3) is 0 Å². The van der Waals surface area contributed by atoms with Crippen LogP contribution in [0.3, 0.4) is 0 Å². The average Bonchev–Trinajstić information content (AvgIpc) is 2.34. The van der Waals surface area contributed by atoms with Gasteiger partial charge in [0.25, 0.3) is 0 Å². The third-order valence-electron chi connectivity index (χ3n) is 2.34. The van der Waals surface area contributed by atoms with Crippen LogP contribution in [0, 0.1) is 5.82 Å². The second-order valence-corrected chi connectivity index (χ2v) is 5.13. The highest BCUT2D eigenvalue weighted by Gasteiger charge is 2.11. The molecule has 0 unspecified atom stereocenters. The summed E-state index contributed by atoms with van der Waals surface area (Å²) in [4.78, 5) is 11.9. The zero-order valence-corrected chi connectivity index (χ0v) is 11.6. The van der Waals surface area contributed by atoms with Crippen LogP contribution in [0.15, 0.2) is 23.1 Å².